The number of nitrogens with two attached hydrogens (primary N) is 2. The predicted molar refractivity (Wildman–Crippen MR) is 61.2 cm³/mol. The molecule has 1 amide bonds. The lowest BCUT2D eigenvalue weighted by Gasteiger charge is -2.02. The van der Waals surface area contributed by atoms with Crippen molar-refractivity contribution in [1.29, 1.82) is 0 Å². The van der Waals surface area contributed by atoms with E-state index in [0.717, 1.165) is 0 Å². The zero-order chi connectivity index (χ0) is 11.3. The van der Waals surface area contributed by atoms with Crippen molar-refractivity contribution >= 4 is 39.1 Å². The van der Waals surface area contributed by atoms with Gasteiger partial charge in [-0.15, -0.1) is 0 Å². The third kappa shape index (κ3) is 3.16. The SMILES string of the molecule is CC.NC(=O)c1nc(Cl)cc(Br)c1N. The maximum atomic E-state index is 10.7. The quantitative estimate of drug-likeness (QED) is 0.774. The molecular formula is C8H11BrClN3O. The van der Waals surface area contributed by atoms with Crippen LogP contribution in [0.2, 0.25) is 5.15 Å². The Kier molecular flexibility index (Phi) is 5.49. The summed E-state index contributed by atoms with van der Waals surface area (Å²) in [7, 11) is 0. The molecule has 1 aromatic heterocycles. The van der Waals surface area contributed by atoms with Crippen molar-refractivity contribution in [1.82, 2.24) is 4.98 Å². The van der Waals surface area contributed by atoms with Crippen LogP contribution in [-0.4, -0.2) is 10.9 Å². The number of nitrogen functional groups attached to an aromatic ring is 1. The molecule has 0 radical (unpaired) electrons. The lowest BCUT2D eigenvalue weighted by atomic mass is 10.3. The number of primary amides is 1. The molecule has 78 valence electrons. The normalized spacial score (nSPS) is 8.86. The Morgan fingerprint density at radius 2 is 2.07 bits per heavy atom. The lowest BCUT2D eigenvalue weighted by molar-refractivity contribution is 0.0996. The Bertz CT molecular complexity index is 344. The molecule has 0 aliphatic rings. The highest BCUT2D eigenvalue weighted by molar-refractivity contribution is 9.10. The van der Waals surface area contributed by atoms with Crippen LogP contribution in [0, 0.1) is 0 Å². The molecule has 0 aromatic carbocycles. The van der Waals surface area contributed by atoms with Gasteiger partial charge in [0.25, 0.3) is 5.91 Å². The lowest BCUT2D eigenvalue weighted by Crippen LogP contribution is -2.16. The van der Waals surface area contributed by atoms with Gasteiger partial charge in [0.2, 0.25) is 0 Å². The molecule has 0 aliphatic heterocycles. The van der Waals surface area contributed by atoms with E-state index in [9.17, 15) is 4.79 Å². The first-order chi connectivity index (χ1) is 6.52. The molecule has 0 saturated heterocycles. The van der Waals surface area contributed by atoms with Gasteiger partial charge in [-0.05, 0) is 22.0 Å². The van der Waals surface area contributed by atoms with Crippen LogP contribution in [0.1, 0.15) is 24.3 Å². The molecule has 0 saturated carbocycles. The minimum atomic E-state index is -0.698. The summed E-state index contributed by atoms with van der Waals surface area (Å²) in [6, 6.07) is 1.49. The van der Waals surface area contributed by atoms with E-state index in [4.69, 9.17) is 23.1 Å². The fourth-order valence-corrected chi connectivity index (χ4v) is 1.41. The van der Waals surface area contributed by atoms with Crippen molar-refractivity contribution in [3.05, 3.63) is 21.4 Å². The van der Waals surface area contributed by atoms with Gasteiger partial charge in [0.15, 0.2) is 5.69 Å². The van der Waals surface area contributed by atoms with Crippen molar-refractivity contribution in [2.75, 3.05) is 5.73 Å². The fraction of sp³-hybridized carbons (Fsp3) is 0.250. The van der Waals surface area contributed by atoms with Crippen molar-refractivity contribution in [2.24, 2.45) is 5.73 Å². The van der Waals surface area contributed by atoms with E-state index in [-0.39, 0.29) is 16.5 Å². The highest BCUT2D eigenvalue weighted by Crippen LogP contribution is 2.24. The predicted octanol–water partition coefficient (Wildman–Crippen LogP) is 2.20. The first-order valence-electron chi connectivity index (χ1n) is 3.93. The van der Waals surface area contributed by atoms with E-state index in [1.54, 1.807) is 0 Å². The molecular weight excluding hydrogens is 269 g/mol. The van der Waals surface area contributed by atoms with Crippen molar-refractivity contribution in [3.63, 3.8) is 0 Å². The fourth-order valence-electron chi connectivity index (χ4n) is 0.683. The molecule has 1 heterocycles. The molecule has 4 nitrogen and oxygen atoms in total. The average molecular weight is 281 g/mol. The molecule has 0 aliphatic carbocycles. The van der Waals surface area contributed by atoms with Gasteiger partial charge in [0.1, 0.15) is 5.15 Å². The zero-order valence-corrected chi connectivity index (χ0v) is 10.2. The highest BCUT2D eigenvalue weighted by atomic mass is 79.9. The van der Waals surface area contributed by atoms with Crippen LogP contribution < -0.4 is 11.5 Å². The maximum absolute atomic E-state index is 10.7. The molecule has 0 fully saturated rings. The van der Waals surface area contributed by atoms with E-state index >= 15 is 0 Å². The summed E-state index contributed by atoms with van der Waals surface area (Å²) < 4.78 is 0.510. The van der Waals surface area contributed by atoms with Crippen LogP contribution in [-0.2, 0) is 0 Å². The summed E-state index contributed by atoms with van der Waals surface area (Å²) >= 11 is 8.67. The number of hydrogen-bond donors (Lipinski definition) is 2. The van der Waals surface area contributed by atoms with E-state index in [2.05, 4.69) is 20.9 Å². The average Bonchev–Trinajstić information content (AvgIpc) is 2.14. The molecule has 4 N–H and O–H groups in total. The number of hydrogen-bond acceptors (Lipinski definition) is 3. The van der Waals surface area contributed by atoms with Crippen LogP contribution in [0.3, 0.4) is 0 Å². The Balaban J connectivity index is 0.000000791. The second-order valence-corrected chi connectivity index (χ2v) is 3.29. The second-order valence-electron chi connectivity index (χ2n) is 2.05. The third-order valence-electron chi connectivity index (χ3n) is 1.21. The Morgan fingerprint density at radius 3 is 2.50 bits per heavy atom. The van der Waals surface area contributed by atoms with Gasteiger partial charge in [0.05, 0.1) is 5.69 Å². The van der Waals surface area contributed by atoms with Gasteiger partial charge in [-0.2, -0.15) is 0 Å². The monoisotopic (exact) mass is 279 g/mol. The van der Waals surface area contributed by atoms with E-state index in [1.165, 1.54) is 6.07 Å². The molecule has 0 bridgehead atoms. The number of rotatable bonds is 1. The number of carbonyl (C=O) groups is 1. The Morgan fingerprint density at radius 1 is 1.57 bits per heavy atom. The van der Waals surface area contributed by atoms with E-state index in [0.29, 0.717) is 4.47 Å². The summed E-state index contributed by atoms with van der Waals surface area (Å²) in [6.07, 6.45) is 0. The summed E-state index contributed by atoms with van der Waals surface area (Å²) in [5, 5.41) is 0.171. The molecule has 6 heteroatoms. The smallest absolute Gasteiger partial charge is 0.269 e. The first-order valence-corrected chi connectivity index (χ1v) is 5.10. The number of carbonyl (C=O) groups excluding carboxylic acids is 1. The summed E-state index contributed by atoms with van der Waals surface area (Å²) in [5.74, 6) is -0.698. The maximum Gasteiger partial charge on any atom is 0.269 e. The zero-order valence-electron chi connectivity index (χ0n) is 7.84. The van der Waals surface area contributed by atoms with Crippen molar-refractivity contribution in [2.45, 2.75) is 13.8 Å². The summed E-state index contributed by atoms with van der Waals surface area (Å²) in [4.78, 5) is 14.4. The number of anilines is 1. The molecule has 0 atom stereocenters. The number of halogens is 2. The van der Waals surface area contributed by atoms with Gasteiger partial charge in [-0.25, -0.2) is 4.98 Å². The van der Waals surface area contributed by atoms with Crippen LogP contribution in [0.25, 0.3) is 0 Å². The largest absolute Gasteiger partial charge is 0.396 e. The van der Waals surface area contributed by atoms with Crippen LogP contribution in [0.15, 0.2) is 10.5 Å². The van der Waals surface area contributed by atoms with Gasteiger partial charge >= 0.3 is 0 Å². The topological polar surface area (TPSA) is 82.0 Å². The molecule has 0 spiro atoms. The van der Waals surface area contributed by atoms with Gasteiger partial charge in [0, 0.05) is 4.47 Å². The number of nitrogens with zero attached hydrogens (tertiary/aromatic N) is 1. The molecule has 1 aromatic rings. The minimum Gasteiger partial charge on any atom is -0.396 e. The van der Waals surface area contributed by atoms with Gasteiger partial charge in [-0.1, -0.05) is 25.4 Å². The van der Waals surface area contributed by atoms with Gasteiger partial charge in [-0.3, -0.25) is 4.79 Å². The van der Waals surface area contributed by atoms with Crippen LogP contribution >= 0.6 is 27.5 Å². The number of pyridine rings is 1. The minimum absolute atomic E-state index is 0.0191. The first kappa shape index (κ1) is 13.2. The highest BCUT2D eigenvalue weighted by Gasteiger charge is 2.11. The molecule has 1 rings (SSSR count). The molecule has 0 unspecified atom stereocenters. The van der Waals surface area contributed by atoms with Crippen LogP contribution in [0.4, 0.5) is 5.69 Å². The van der Waals surface area contributed by atoms with Crippen molar-refractivity contribution in [3.8, 4) is 0 Å². The Hall–Kier alpha value is -0.810. The Labute approximate surface area is 95.8 Å². The standard InChI is InChI=1S/C6H5BrClN3O.C2H6/c7-2-1-3(8)11-5(4(2)9)6(10)12;1-2/h1H,9H2,(H2,10,12);1-2H3. The summed E-state index contributed by atoms with van der Waals surface area (Å²) in [5.41, 5.74) is 10.7. The van der Waals surface area contributed by atoms with Crippen LogP contribution in [0.5, 0.6) is 0 Å². The van der Waals surface area contributed by atoms with E-state index < -0.39 is 5.91 Å². The van der Waals surface area contributed by atoms with Gasteiger partial charge < -0.3 is 11.5 Å². The van der Waals surface area contributed by atoms with E-state index in [1.807, 2.05) is 13.8 Å². The van der Waals surface area contributed by atoms with Crippen molar-refractivity contribution < 1.29 is 4.79 Å². The number of aromatic nitrogens is 1. The third-order valence-corrected chi connectivity index (χ3v) is 2.06. The second kappa shape index (κ2) is 5.82. The molecule has 14 heavy (non-hydrogen) atoms. The number of amides is 1. The summed E-state index contributed by atoms with van der Waals surface area (Å²) in [6.45, 7) is 4.00.